The second kappa shape index (κ2) is 10.1. The lowest BCUT2D eigenvalue weighted by Gasteiger charge is -2.29. The van der Waals surface area contributed by atoms with Gasteiger partial charge in [-0.2, -0.15) is 0 Å². The van der Waals surface area contributed by atoms with Crippen LogP contribution in [0.1, 0.15) is 29.0 Å². The Kier molecular flexibility index (Phi) is 6.35. The van der Waals surface area contributed by atoms with Gasteiger partial charge in [-0.25, -0.2) is 4.39 Å². The fourth-order valence-corrected chi connectivity index (χ4v) is 5.19. The molecule has 38 heavy (non-hydrogen) atoms. The van der Waals surface area contributed by atoms with Crippen LogP contribution in [0.2, 0.25) is 0 Å². The Morgan fingerprint density at radius 3 is 2.32 bits per heavy atom. The summed E-state index contributed by atoms with van der Waals surface area (Å²) < 4.78 is 22.2. The van der Waals surface area contributed by atoms with Gasteiger partial charge in [-0.3, -0.25) is 4.98 Å². The number of aryl methyl sites for hydroxylation is 1. The fourth-order valence-electron chi connectivity index (χ4n) is 4.85. The summed E-state index contributed by atoms with van der Waals surface area (Å²) in [6, 6.07) is 31.8. The Morgan fingerprint density at radius 1 is 0.842 bits per heavy atom. The van der Waals surface area contributed by atoms with Crippen LogP contribution in [0, 0.1) is 12.7 Å². The minimum atomic E-state index is -0.287. The number of halogens is 1. The largest absolute Gasteiger partial charge is 0.457 e. The first-order valence-corrected chi connectivity index (χ1v) is 12.8. The van der Waals surface area contributed by atoms with Crippen molar-refractivity contribution in [1.82, 2.24) is 14.9 Å². The highest BCUT2D eigenvalue weighted by Crippen LogP contribution is 2.42. The zero-order valence-corrected chi connectivity index (χ0v) is 21.5. The average molecular weight is 521 g/mol. The summed E-state index contributed by atoms with van der Waals surface area (Å²) in [6.07, 6.45) is 3.72. The highest BCUT2D eigenvalue weighted by atomic mass is 32.1. The van der Waals surface area contributed by atoms with Crippen LogP contribution in [0.4, 0.5) is 10.1 Å². The van der Waals surface area contributed by atoms with Crippen LogP contribution in [-0.4, -0.2) is 14.7 Å². The number of pyridine rings is 1. The van der Waals surface area contributed by atoms with E-state index < -0.39 is 0 Å². The summed E-state index contributed by atoms with van der Waals surface area (Å²) in [7, 11) is 0. The summed E-state index contributed by atoms with van der Waals surface area (Å²) in [5.74, 6) is 1.23. The molecule has 2 atom stereocenters. The fraction of sp³-hybridized carbons (Fsp3) is 0.0968. The molecule has 3 heterocycles. The molecule has 0 unspecified atom stereocenters. The smallest absolute Gasteiger partial charge is 0.174 e. The van der Waals surface area contributed by atoms with Crippen molar-refractivity contribution in [3.05, 3.63) is 138 Å². The van der Waals surface area contributed by atoms with E-state index in [1.165, 1.54) is 17.7 Å². The van der Waals surface area contributed by atoms with Gasteiger partial charge in [-0.05, 0) is 98.0 Å². The predicted molar refractivity (Wildman–Crippen MR) is 151 cm³/mol. The van der Waals surface area contributed by atoms with E-state index in [2.05, 4.69) is 15.2 Å². The quantitative estimate of drug-likeness (QED) is 0.238. The molecule has 1 fully saturated rings. The molecule has 5 aromatic rings. The predicted octanol–water partition coefficient (Wildman–Crippen LogP) is 7.29. The number of hydrogen-bond acceptors (Lipinski definition) is 3. The molecular formula is C31H25FN4OS. The number of rotatable bonds is 6. The van der Waals surface area contributed by atoms with Crippen molar-refractivity contribution in [3.63, 3.8) is 0 Å². The highest BCUT2D eigenvalue weighted by molar-refractivity contribution is 7.80. The van der Waals surface area contributed by atoms with Gasteiger partial charge in [0.15, 0.2) is 5.11 Å². The summed E-state index contributed by atoms with van der Waals surface area (Å²) in [5, 5.41) is 4.07. The Hall–Kier alpha value is -4.49. The van der Waals surface area contributed by atoms with E-state index >= 15 is 0 Å². The maximum atomic E-state index is 14.1. The third-order valence-corrected chi connectivity index (χ3v) is 6.95. The molecule has 0 bridgehead atoms. The van der Waals surface area contributed by atoms with Gasteiger partial charge in [0.25, 0.3) is 0 Å². The number of hydrogen-bond donors (Lipinski definition) is 1. The van der Waals surface area contributed by atoms with Gasteiger partial charge in [0.2, 0.25) is 0 Å². The lowest BCUT2D eigenvalue weighted by atomic mass is 10.0. The molecule has 0 radical (unpaired) electrons. The van der Waals surface area contributed by atoms with Crippen LogP contribution in [-0.2, 0) is 0 Å². The first kappa shape index (κ1) is 23.9. The van der Waals surface area contributed by atoms with Crippen molar-refractivity contribution in [2.24, 2.45) is 0 Å². The third kappa shape index (κ3) is 4.64. The molecular weight excluding hydrogens is 495 g/mol. The molecule has 0 saturated carbocycles. The molecule has 1 N–H and O–H groups in total. The van der Waals surface area contributed by atoms with E-state index in [1.807, 2.05) is 103 Å². The van der Waals surface area contributed by atoms with Crippen molar-refractivity contribution in [2.45, 2.75) is 19.0 Å². The molecule has 0 spiro atoms. The highest BCUT2D eigenvalue weighted by Gasteiger charge is 2.42. The molecule has 0 aliphatic carbocycles. The van der Waals surface area contributed by atoms with Gasteiger partial charge in [0.05, 0.1) is 11.7 Å². The Balaban J connectivity index is 1.39. The molecule has 3 aromatic carbocycles. The van der Waals surface area contributed by atoms with Gasteiger partial charge in [-0.15, -0.1) is 0 Å². The zero-order chi connectivity index (χ0) is 26.1. The number of aromatic nitrogens is 2. The van der Waals surface area contributed by atoms with Gasteiger partial charge in [-0.1, -0.05) is 29.8 Å². The van der Waals surface area contributed by atoms with Crippen molar-refractivity contribution in [3.8, 4) is 17.2 Å². The number of nitrogens with zero attached hydrogens (tertiary/aromatic N) is 3. The van der Waals surface area contributed by atoms with Gasteiger partial charge >= 0.3 is 0 Å². The summed E-state index contributed by atoms with van der Waals surface area (Å²) in [4.78, 5) is 6.72. The standard InChI is InChI=1S/C31H25FN4OS/c1-21-10-14-25(15-11-21)37-26-16-12-23(13-17-26)36-30(29(34-31(36)38)27-8-2-3-18-33-27)28-9-5-19-35(28)24-7-4-6-22(32)20-24/h2-20,29-30H,1H3,(H,34,38)/t29-,30-/m0/s1. The number of anilines is 1. The maximum Gasteiger partial charge on any atom is 0.174 e. The van der Waals surface area contributed by atoms with Crippen LogP contribution >= 0.6 is 12.2 Å². The van der Waals surface area contributed by atoms with Crippen LogP contribution < -0.4 is 15.0 Å². The van der Waals surface area contributed by atoms with Crippen LogP contribution in [0.15, 0.2) is 116 Å². The lowest BCUT2D eigenvalue weighted by molar-refractivity contribution is 0.482. The summed E-state index contributed by atoms with van der Waals surface area (Å²) in [5.41, 5.74) is 4.66. The lowest BCUT2D eigenvalue weighted by Crippen LogP contribution is -2.30. The molecule has 5 nitrogen and oxygen atoms in total. The molecule has 0 amide bonds. The van der Waals surface area contributed by atoms with Crippen molar-refractivity contribution in [1.29, 1.82) is 0 Å². The number of benzene rings is 3. The first-order valence-electron chi connectivity index (χ1n) is 12.4. The monoisotopic (exact) mass is 520 g/mol. The van der Waals surface area contributed by atoms with E-state index in [4.69, 9.17) is 17.0 Å². The van der Waals surface area contributed by atoms with E-state index in [1.54, 1.807) is 12.3 Å². The third-order valence-electron chi connectivity index (χ3n) is 6.64. The van der Waals surface area contributed by atoms with Crippen molar-refractivity contribution < 1.29 is 9.13 Å². The second-order valence-electron chi connectivity index (χ2n) is 9.19. The molecule has 188 valence electrons. The molecule has 7 heteroatoms. The SMILES string of the molecule is Cc1ccc(Oc2ccc(N3C(=S)N[C@@H](c4ccccn4)[C@@H]3c3cccn3-c3cccc(F)c3)cc2)cc1. The molecule has 1 aliphatic heterocycles. The minimum absolute atomic E-state index is 0.214. The van der Waals surface area contributed by atoms with Crippen molar-refractivity contribution >= 4 is 23.0 Å². The number of thiocarbonyl (C=S) groups is 1. The molecule has 1 saturated heterocycles. The molecule has 2 aromatic heterocycles. The Labute approximate surface area is 226 Å². The van der Waals surface area contributed by atoms with Gasteiger partial charge < -0.3 is 19.5 Å². The summed E-state index contributed by atoms with van der Waals surface area (Å²) >= 11 is 5.87. The van der Waals surface area contributed by atoms with E-state index in [0.29, 0.717) is 5.11 Å². The zero-order valence-electron chi connectivity index (χ0n) is 20.7. The molecule has 6 rings (SSSR count). The Bertz CT molecular complexity index is 1570. The normalized spacial score (nSPS) is 16.9. The van der Waals surface area contributed by atoms with Gasteiger partial charge in [0.1, 0.15) is 23.4 Å². The second-order valence-corrected chi connectivity index (χ2v) is 9.58. The van der Waals surface area contributed by atoms with E-state index in [9.17, 15) is 4.39 Å². The van der Waals surface area contributed by atoms with Gasteiger partial charge in [0, 0.05) is 29.5 Å². The maximum absolute atomic E-state index is 14.1. The topological polar surface area (TPSA) is 42.3 Å². The number of nitrogens with one attached hydrogen (secondary N) is 1. The van der Waals surface area contributed by atoms with Crippen molar-refractivity contribution in [2.75, 3.05) is 4.90 Å². The van der Waals surface area contributed by atoms with Crippen LogP contribution in [0.25, 0.3) is 5.69 Å². The first-order chi connectivity index (χ1) is 18.6. The summed E-state index contributed by atoms with van der Waals surface area (Å²) in [6.45, 7) is 2.05. The van der Waals surface area contributed by atoms with E-state index in [0.717, 1.165) is 34.3 Å². The van der Waals surface area contributed by atoms with Crippen LogP contribution in [0.5, 0.6) is 11.5 Å². The average Bonchev–Trinajstić information content (AvgIpc) is 3.55. The minimum Gasteiger partial charge on any atom is -0.457 e. The van der Waals surface area contributed by atoms with Crippen LogP contribution in [0.3, 0.4) is 0 Å². The molecule has 1 aliphatic rings. The number of ether oxygens (including phenoxy) is 1. The Morgan fingerprint density at radius 2 is 1.61 bits per heavy atom. The van der Waals surface area contributed by atoms with E-state index in [-0.39, 0.29) is 17.9 Å².